The molecule has 12 heteroatoms. The highest BCUT2D eigenvalue weighted by Crippen LogP contribution is 2.25. The molecular weight excluding hydrogens is 518 g/mol. The highest BCUT2D eigenvalue weighted by atomic mass is 79.9. The van der Waals surface area contributed by atoms with Crippen molar-refractivity contribution in [3.05, 3.63) is 10.4 Å². The Morgan fingerprint density at radius 1 is 0.828 bits per heavy atom. The summed E-state index contributed by atoms with van der Waals surface area (Å²) in [7, 11) is 0. The van der Waals surface area contributed by atoms with Crippen molar-refractivity contribution in [2.24, 2.45) is 10.5 Å². The number of esters is 3. The molecule has 0 saturated carbocycles. The zero-order valence-corrected chi connectivity index (χ0v) is 20.4. The molecule has 166 valence electrons. The maximum absolute atomic E-state index is 12.6. The SMILES string of the molecule is CC(C)(Br)C(=O)OCC(C)(COC(=O)C(C)(C)Br)C(=O)OCCOCCN=[N+]=[N-]. The Balaban J connectivity index is 4.91. The molecule has 0 aliphatic heterocycles. The van der Waals surface area contributed by atoms with Gasteiger partial charge in [-0.3, -0.25) is 14.4 Å². The van der Waals surface area contributed by atoms with Crippen molar-refractivity contribution in [3.8, 4) is 0 Å². The minimum Gasteiger partial charge on any atom is -0.463 e. The standard InChI is InChI=1S/C17H27Br2N3O7/c1-15(2,18)12(23)28-10-17(5,11-29-13(24)16(3,4)19)14(25)27-9-8-26-7-6-21-22-20/h6-11H2,1-5H3. The average Bonchev–Trinajstić information content (AvgIpc) is 2.61. The zero-order valence-electron chi connectivity index (χ0n) is 17.2. The first-order valence-corrected chi connectivity index (χ1v) is 10.3. The van der Waals surface area contributed by atoms with E-state index >= 15 is 0 Å². The second kappa shape index (κ2) is 12.4. The molecule has 0 rings (SSSR count). The number of azide groups is 1. The van der Waals surface area contributed by atoms with Crippen LogP contribution in [0.3, 0.4) is 0 Å². The Bertz CT molecular complexity index is 593. The number of hydrogen-bond donors (Lipinski definition) is 0. The highest BCUT2D eigenvalue weighted by Gasteiger charge is 2.41. The van der Waals surface area contributed by atoms with Gasteiger partial charge < -0.3 is 18.9 Å². The number of ether oxygens (including phenoxy) is 4. The molecule has 0 aromatic carbocycles. The summed E-state index contributed by atoms with van der Waals surface area (Å²) in [6.45, 7) is 7.58. The molecule has 0 aromatic heterocycles. The van der Waals surface area contributed by atoms with Crippen LogP contribution in [0.4, 0.5) is 0 Å². The van der Waals surface area contributed by atoms with Crippen LogP contribution in [-0.2, 0) is 33.3 Å². The fraction of sp³-hybridized carbons (Fsp3) is 0.824. The smallest absolute Gasteiger partial charge is 0.322 e. The van der Waals surface area contributed by atoms with Crippen LogP contribution in [0.15, 0.2) is 5.11 Å². The number of carbonyl (C=O) groups is 3. The van der Waals surface area contributed by atoms with Gasteiger partial charge in [-0.1, -0.05) is 37.0 Å². The Labute approximate surface area is 186 Å². The van der Waals surface area contributed by atoms with Gasteiger partial charge in [0.1, 0.15) is 33.9 Å². The van der Waals surface area contributed by atoms with Crippen LogP contribution in [0.1, 0.15) is 34.6 Å². The van der Waals surface area contributed by atoms with Gasteiger partial charge >= 0.3 is 17.9 Å². The monoisotopic (exact) mass is 543 g/mol. The van der Waals surface area contributed by atoms with Gasteiger partial charge in [-0.25, -0.2) is 0 Å². The molecule has 0 radical (unpaired) electrons. The maximum Gasteiger partial charge on any atom is 0.322 e. The Kier molecular flexibility index (Phi) is 11.8. The van der Waals surface area contributed by atoms with E-state index in [-0.39, 0.29) is 39.6 Å². The number of halogens is 2. The Hall–Kier alpha value is -1.36. The van der Waals surface area contributed by atoms with Gasteiger partial charge in [0, 0.05) is 11.5 Å². The number of nitrogens with zero attached hydrogens (tertiary/aromatic N) is 3. The van der Waals surface area contributed by atoms with Crippen LogP contribution in [0.2, 0.25) is 0 Å². The maximum atomic E-state index is 12.6. The van der Waals surface area contributed by atoms with Gasteiger partial charge in [0.25, 0.3) is 0 Å². The summed E-state index contributed by atoms with van der Waals surface area (Å²) in [6.07, 6.45) is 0. The van der Waals surface area contributed by atoms with Crippen molar-refractivity contribution in [2.45, 2.75) is 43.3 Å². The fourth-order valence-corrected chi connectivity index (χ4v) is 1.80. The van der Waals surface area contributed by atoms with E-state index in [0.29, 0.717) is 0 Å². The Morgan fingerprint density at radius 2 is 1.31 bits per heavy atom. The van der Waals surface area contributed by atoms with Gasteiger partial charge in [-0.15, -0.1) is 0 Å². The van der Waals surface area contributed by atoms with Gasteiger partial charge in [-0.05, 0) is 40.1 Å². The first kappa shape index (κ1) is 27.6. The van der Waals surface area contributed by atoms with E-state index in [1.165, 1.54) is 6.92 Å². The quantitative estimate of drug-likeness (QED) is 0.0659. The summed E-state index contributed by atoms with van der Waals surface area (Å²) in [6, 6.07) is 0. The van der Waals surface area contributed by atoms with Crippen LogP contribution in [-0.4, -0.2) is 66.1 Å². The molecule has 0 unspecified atom stereocenters. The summed E-state index contributed by atoms with van der Waals surface area (Å²) in [5.41, 5.74) is 6.76. The summed E-state index contributed by atoms with van der Waals surface area (Å²) in [5, 5.41) is 3.31. The van der Waals surface area contributed by atoms with Crippen molar-refractivity contribution in [3.63, 3.8) is 0 Å². The molecule has 29 heavy (non-hydrogen) atoms. The van der Waals surface area contributed by atoms with E-state index in [1.54, 1.807) is 27.7 Å². The number of hydrogen-bond acceptors (Lipinski definition) is 8. The third-order valence-electron chi connectivity index (χ3n) is 3.37. The Morgan fingerprint density at radius 3 is 1.72 bits per heavy atom. The highest BCUT2D eigenvalue weighted by molar-refractivity contribution is 9.10. The number of carbonyl (C=O) groups excluding carboxylic acids is 3. The molecule has 0 aliphatic carbocycles. The molecule has 0 fully saturated rings. The van der Waals surface area contributed by atoms with E-state index in [2.05, 4.69) is 41.9 Å². The molecule has 0 atom stereocenters. The average molecular weight is 545 g/mol. The largest absolute Gasteiger partial charge is 0.463 e. The normalized spacial score (nSPS) is 12.0. The van der Waals surface area contributed by atoms with Crippen LogP contribution >= 0.6 is 31.9 Å². The summed E-state index contributed by atoms with van der Waals surface area (Å²) in [4.78, 5) is 39.2. The number of alkyl halides is 2. The lowest BCUT2D eigenvalue weighted by molar-refractivity contribution is -0.172. The molecule has 0 aliphatic rings. The fourth-order valence-electron chi connectivity index (χ4n) is 1.57. The van der Waals surface area contributed by atoms with Gasteiger partial charge in [0.15, 0.2) is 0 Å². The van der Waals surface area contributed by atoms with Gasteiger partial charge in [0.2, 0.25) is 0 Å². The lowest BCUT2D eigenvalue weighted by Gasteiger charge is -2.28. The second-order valence-corrected chi connectivity index (χ2v) is 11.3. The topological polar surface area (TPSA) is 137 Å². The lowest BCUT2D eigenvalue weighted by Crippen LogP contribution is -2.43. The molecule has 0 bridgehead atoms. The summed E-state index contributed by atoms with van der Waals surface area (Å²) < 4.78 is 18.9. The van der Waals surface area contributed by atoms with Crippen LogP contribution in [0, 0.1) is 5.41 Å². The minimum atomic E-state index is -1.41. The molecule has 0 spiro atoms. The van der Waals surface area contributed by atoms with E-state index < -0.39 is 32.0 Å². The molecule has 0 heterocycles. The van der Waals surface area contributed by atoms with E-state index in [1.807, 2.05) is 0 Å². The molecular formula is C17H27Br2N3O7. The predicted octanol–water partition coefficient (Wildman–Crippen LogP) is 3.30. The van der Waals surface area contributed by atoms with Crippen molar-refractivity contribution in [1.29, 1.82) is 0 Å². The third kappa shape index (κ3) is 11.4. The van der Waals surface area contributed by atoms with Crippen molar-refractivity contribution in [1.82, 2.24) is 0 Å². The molecule has 0 saturated heterocycles. The van der Waals surface area contributed by atoms with Gasteiger partial charge in [-0.2, -0.15) is 0 Å². The lowest BCUT2D eigenvalue weighted by atomic mass is 9.93. The van der Waals surface area contributed by atoms with Crippen LogP contribution in [0.25, 0.3) is 10.4 Å². The number of rotatable bonds is 13. The van der Waals surface area contributed by atoms with Crippen molar-refractivity contribution >= 4 is 49.8 Å². The van der Waals surface area contributed by atoms with Gasteiger partial charge in [0.05, 0.1) is 13.2 Å². The van der Waals surface area contributed by atoms with Crippen LogP contribution in [0.5, 0.6) is 0 Å². The van der Waals surface area contributed by atoms with Crippen LogP contribution < -0.4 is 0 Å². The third-order valence-corrected chi connectivity index (χ3v) is 4.01. The minimum absolute atomic E-state index is 0.0690. The molecule has 0 aromatic rings. The summed E-state index contributed by atoms with van der Waals surface area (Å²) >= 11 is 6.37. The summed E-state index contributed by atoms with van der Waals surface area (Å²) in [5.74, 6) is -1.87. The first-order chi connectivity index (χ1) is 13.2. The second-order valence-electron chi connectivity index (χ2n) is 7.36. The predicted molar refractivity (Wildman–Crippen MR) is 112 cm³/mol. The first-order valence-electron chi connectivity index (χ1n) is 8.72. The molecule has 0 amide bonds. The van der Waals surface area contributed by atoms with Crippen molar-refractivity contribution in [2.75, 3.05) is 39.6 Å². The molecule has 0 N–H and O–H groups in total. The van der Waals surface area contributed by atoms with E-state index in [4.69, 9.17) is 24.5 Å². The van der Waals surface area contributed by atoms with E-state index in [0.717, 1.165) is 0 Å². The zero-order chi connectivity index (χ0) is 22.7. The molecule has 10 nitrogen and oxygen atoms in total. The van der Waals surface area contributed by atoms with E-state index in [9.17, 15) is 14.4 Å². The van der Waals surface area contributed by atoms with Crippen molar-refractivity contribution < 1.29 is 33.3 Å².